The summed E-state index contributed by atoms with van der Waals surface area (Å²) >= 11 is 0. The molecule has 0 spiro atoms. The van der Waals surface area contributed by atoms with Crippen LogP contribution in [0.15, 0.2) is 11.6 Å². The molecule has 3 nitrogen and oxygen atoms in total. The molecule has 1 aliphatic rings. The van der Waals surface area contributed by atoms with Crippen molar-refractivity contribution in [2.45, 2.75) is 39.2 Å². The quantitative estimate of drug-likeness (QED) is 0.659. The summed E-state index contributed by atoms with van der Waals surface area (Å²) < 4.78 is 0. The van der Waals surface area contributed by atoms with E-state index in [9.17, 15) is 9.90 Å². The van der Waals surface area contributed by atoms with Gasteiger partial charge in [-0.15, -0.1) is 0 Å². The zero-order chi connectivity index (χ0) is 9.35. The van der Waals surface area contributed by atoms with Crippen molar-refractivity contribution in [3.63, 3.8) is 0 Å². The largest absolute Gasteiger partial charge is 0.412 e. The van der Waals surface area contributed by atoms with Gasteiger partial charge in [0.2, 0.25) is 0 Å². The lowest BCUT2D eigenvalue weighted by atomic mass is 9.79. The van der Waals surface area contributed by atoms with Gasteiger partial charge in [-0.1, -0.05) is 6.08 Å². The Labute approximate surface area is 78.8 Å². The first kappa shape index (κ1) is 12.3. The highest BCUT2D eigenvalue weighted by molar-refractivity contribution is 5.95. The van der Waals surface area contributed by atoms with E-state index in [1.165, 1.54) is 0 Å². The molecular formula is C10H18O3. The van der Waals surface area contributed by atoms with Crippen LogP contribution in [0.5, 0.6) is 0 Å². The van der Waals surface area contributed by atoms with Crippen LogP contribution < -0.4 is 0 Å². The van der Waals surface area contributed by atoms with Crippen molar-refractivity contribution in [2.75, 3.05) is 0 Å². The van der Waals surface area contributed by atoms with E-state index >= 15 is 0 Å². The van der Waals surface area contributed by atoms with Crippen LogP contribution in [-0.2, 0) is 4.79 Å². The van der Waals surface area contributed by atoms with Crippen LogP contribution in [0, 0.1) is 5.92 Å². The number of rotatable bonds is 1. The van der Waals surface area contributed by atoms with Crippen molar-refractivity contribution in [2.24, 2.45) is 5.92 Å². The molecule has 76 valence electrons. The van der Waals surface area contributed by atoms with Gasteiger partial charge in [0.05, 0.1) is 5.60 Å². The maximum atomic E-state index is 11.3. The lowest BCUT2D eigenvalue weighted by Gasteiger charge is -2.30. The van der Waals surface area contributed by atoms with Crippen LogP contribution in [0.1, 0.15) is 33.6 Å². The number of ketones is 1. The zero-order valence-electron chi connectivity index (χ0n) is 8.42. The normalized spacial score (nSPS) is 23.5. The molecule has 0 bridgehead atoms. The maximum Gasteiger partial charge on any atom is 0.158 e. The Hall–Kier alpha value is -0.670. The fourth-order valence-corrected chi connectivity index (χ4v) is 1.44. The minimum absolute atomic E-state index is 0. The molecule has 0 aliphatic heterocycles. The van der Waals surface area contributed by atoms with Gasteiger partial charge in [0, 0.05) is 6.42 Å². The Balaban J connectivity index is 0.00000144. The molecule has 0 heterocycles. The van der Waals surface area contributed by atoms with Crippen molar-refractivity contribution in [3.05, 3.63) is 11.6 Å². The Morgan fingerprint density at radius 2 is 2.08 bits per heavy atom. The van der Waals surface area contributed by atoms with E-state index in [1.54, 1.807) is 13.8 Å². The number of carbonyl (C=O) groups is 1. The molecule has 0 aromatic heterocycles. The molecule has 3 heteroatoms. The van der Waals surface area contributed by atoms with Gasteiger partial charge in [-0.05, 0) is 38.7 Å². The molecule has 0 saturated heterocycles. The fourth-order valence-electron chi connectivity index (χ4n) is 1.44. The highest BCUT2D eigenvalue weighted by atomic mass is 16.3. The molecule has 0 aromatic carbocycles. The highest BCUT2D eigenvalue weighted by Gasteiger charge is 2.30. The van der Waals surface area contributed by atoms with Crippen LogP contribution in [0.25, 0.3) is 0 Å². The first-order valence-electron chi connectivity index (χ1n) is 4.33. The molecule has 0 amide bonds. The van der Waals surface area contributed by atoms with Gasteiger partial charge in [0.25, 0.3) is 0 Å². The second-order valence-corrected chi connectivity index (χ2v) is 4.10. The smallest absolute Gasteiger partial charge is 0.158 e. The molecule has 13 heavy (non-hydrogen) atoms. The van der Waals surface area contributed by atoms with E-state index in [0.717, 1.165) is 12.0 Å². The summed E-state index contributed by atoms with van der Waals surface area (Å²) in [5.41, 5.74) is 0.114. The standard InChI is InChI=1S/C10H16O2.H2O/c1-7-4-5-8(6-9(7)11)10(2,3)12;/h4,8,12H,5-6H2,1-3H3;1H2/t8-;/m0./s1. The van der Waals surface area contributed by atoms with Crippen molar-refractivity contribution in [1.29, 1.82) is 0 Å². The average Bonchev–Trinajstić information content (AvgIpc) is 1.92. The van der Waals surface area contributed by atoms with Crippen LogP contribution in [0.3, 0.4) is 0 Å². The first-order chi connectivity index (χ1) is 5.41. The third-order valence-electron chi connectivity index (χ3n) is 2.58. The summed E-state index contributed by atoms with van der Waals surface area (Å²) in [5, 5.41) is 9.66. The number of hydrogen-bond donors (Lipinski definition) is 1. The van der Waals surface area contributed by atoms with Crippen molar-refractivity contribution in [1.82, 2.24) is 0 Å². The van der Waals surface area contributed by atoms with Crippen LogP contribution >= 0.6 is 0 Å². The molecule has 0 radical (unpaired) electrons. The SMILES string of the molecule is CC1=CC[C@H](C(C)(C)O)CC1=O.O. The van der Waals surface area contributed by atoms with Crippen molar-refractivity contribution < 1.29 is 15.4 Å². The minimum Gasteiger partial charge on any atom is -0.412 e. The number of hydrogen-bond acceptors (Lipinski definition) is 2. The maximum absolute atomic E-state index is 11.3. The monoisotopic (exact) mass is 186 g/mol. The van der Waals surface area contributed by atoms with Gasteiger partial charge >= 0.3 is 0 Å². The predicted octanol–water partition coefficient (Wildman–Crippen LogP) is 0.858. The van der Waals surface area contributed by atoms with E-state index in [0.29, 0.717) is 6.42 Å². The number of Topliss-reactive ketones (excluding diaryl/α,β-unsaturated/α-hetero) is 1. The second-order valence-electron chi connectivity index (χ2n) is 4.10. The van der Waals surface area contributed by atoms with Crippen LogP contribution in [-0.4, -0.2) is 22.0 Å². The Morgan fingerprint density at radius 3 is 2.46 bits per heavy atom. The summed E-state index contributed by atoms with van der Waals surface area (Å²) in [4.78, 5) is 11.3. The summed E-state index contributed by atoms with van der Waals surface area (Å²) in [6.45, 7) is 5.36. The van der Waals surface area contributed by atoms with E-state index in [2.05, 4.69) is 0 Å². The van der Waals surface area contributed by atoms with Crippen LogP contribution in [0.4, 0.5) is 0 Å². The molecule has 3 N–H and O–H groups in total. The number of allylic oxidation sites excluding steroid dienone is 2. The molecule has 0 aromatic rings. The molecule has 1 aliphatic carbocycles. The third kappa shape index (κ3) is 2.94. The average molecular weight is 186 g/mol. The van der Waals surface area contributed by atoms with Crippen molar-refractivity contribution >= 4 is 5.78 Å². The van der Waals surface area contributed by atoms with Crippen molar-refractivity contribution in [3.8, 4) is 0 Å². The number of carbonyl (C=O) groups excluding carboxylic acids is 1. The van der Waals surface area contributed by atoms with Gasteiger partial charge in [-0.25, -0.2) is 0 Å². The third-order valence-corrected chi connectivity index (χ3v) is 2.58. The Bertz CT molecular complexity index is 223. The van der Waals surface area contributed by atoms with Gasteiger partial charge in [-0.2, -0.15) is 0 Å². The fraction of sp³-hybridized carbons (Fsp3) is 0.700. The Kier molecular flexibility index (Phi) is 3.82. The van der Waals surface area contributed by atoms with Gasteiger partial charge in [0.15, 0.2) is 5.78 Å². The molecule has 0 fully saturated rings. The predicted molar refractivity (Wildman–Crippen MR) is 51.4 cm³/mol. The summed E-state index contributed by atoms with van der Waals surface area (Å²) in [6.07, 6.45) is 3.24. The second kappa shape index (κ2) is 4.03. The lowest BCUT2D eigenvalue weighted by Crippen LogP contribution is -2.34. The molecule has 0 saturated carbocycles. The highest BCUT2D eigenvalue weighted by Crippen LogP contribution is 2.29. The minimum atomic E-state index is -0.729. The van der Waals surface area contributed by atoms with Gasteiger partial charge < -0.3 is 10.6 Å². The Morgan fingerprint density at radius 1 is 1.54 bits per heavy atom. The lowest BCUT2D eigenvalue weighted by molar-refractivity contribution is -0.119. The summed E-state index contributed by atoms with van der Waals surface area (Å²) in [7, 11) is 0. The van der Waals surface area contributed by atoms with E-state index < -0.39 is 5.60 Å². The van der Waals surface area contributed by atoms with E-state index in [-0.39, 0.29) is 17.2 Å². The first-order valence-corrected chi connectivity index (χ1v) is 4.33. The molecule has 0 unspecified atom stereocenters. The van der Waals surface area contributed by atoms with E-state index in [4.69, 9.17) is 0 Å². The topological polar surface area (TPSA) is 68.8 Å². The number of aliphatic hydroxyl groups is 1. The van der Waals surface area contributed by atoms with Gasteiger partial charge in [0.1, 0.15) is 0 Å². The summed E-state index contributed by atoms with van der Waals surface area (Å²) in [5.74, 6) is 0.266. The van der Waals surface area contributed by atoms with Gasteiger partial charge in [-0.3, -0.25) is 4.79 Å². The molecule has 1 atom stereocenters. The summed E-state index contributed by atoms with van der Waals surface area (Å²) in [6, 6.07) is 0. The zero-order valence-corrected chi connectivity index (χ0v) is 8.42. The van der Waals surface area contributed by atoms with E-state index in [1.807, 2.05) is 13.0 Å². The molecular weight excluding hydrogens is 168 g/mol. The molecule has 1 rings (SSSR count). The van der Waals surface area contributed by atoms with Crippen LogP contribution in [0.2, 0.25) is 0 Å².